The summed E-state index contributed by atoms with van der Waals surface area (Å²) >= 11 is 0. The van der Waals surface area contributed by atoms with Gasteiger partial charge in [0.1, 0.15) is 5.82 Å². The van der Waals surface area contributed by atoms with E-state index in [9.17, 15) is 0 Å². The molecule has 20 heavy (non-hydrogen) atoms. The molecular weight excluding hydrogens is 246 g/mol. The molecule has 1 saturated heterocycles. The Balaban J connectivity index is 2.20. The zero-order chi connectivity index (χ0) is 14.6. The van der Waals surface area contributed by atoms with Gasteiger partial charge in [0.05, 0.1) is 0 Å². The second-order valence-corrected chi connectivity index (χ2v) is 6.78. The molecule has 3 nitrogen and oxygen atoms in total. The molecule has 0 spiro atoms. The summed E-state index contributed by atoms with van der Waals surface area (Å²) in [6.45, 7) is 9.79. The topological polar surface area (TPSA) is 42.1 Å². The van der Waals surface area contributed by atoms with Crippen LogP contribution in [0.1, 0.15) is 57.7 Å². The minimum absolute atomic E-state index is 0.465. The quantitative estimate of drug-likeness (QED) is 0.914. The van der Waals surface area contributed by atoms with Gasteiger partial charge in [0.2, 0.25) is 0 Å². The number of rotatable bonds is 4. The third-order valence-electron chi connectivity index (χ3n) is 4.33. The van der Waals surface area contributed by atoms with Crippen molar-refractivity contribution in [3.8, 4) is 0 Å². The van der Waals surface area contributed by atoms with E-state index in [4.69, 9.17) is 10.7 Å². The highest BCUT2D eigenvalue weighted by atomic mass is 15.2. The van der Waals surface area contributed by atoms with Gasteiger partial charge in [-0.1, -0.05) is 27.2 Å². The first kappa shape index (κ1) is 15.3. The predicted molar refractivity (Wildman–Crippen MR) is 86.0 cm³/mol. The Morgan fingerprint density at radius 3 is 2.75 bits per heavy atom. The van der Waals surface area contributed by atoms with Crippen molar-refractivity contribution in [1.82, 2.24) is 4.98 Å². The molecule has 0 aromatic carbocycles. The molecule has 1 fully saturated rings. The number of aromatic nitrogens is 1. The van der Waals surface area contributed by atoms with Gasteiger partial charge >= 0.3 is 0 Å². The Bertz CT molecular complexity index is 440. The van der Waals surface area contributed by atoms with Crippen molar-refractivity contribution in [3.63, 3.8) is 0 Å². The van der Waals surface area contributed by atoms with Crippen LogP contribution >= 0.6 is 0 Å². The summed E-state index contributed by atoms with van der Waals surface area (Å²) in [6.07, 6.45) is 5.98. The van der Waals surface area contributed by atoms with Gasteiger partial charge in [-0.3, -0.25) is 0 Å². The fourth-order valence-electron chi connectivity index (χ4n) is 2.95. The van der Waals surface area contributed by atoms with E-state index >= 15 is 0 Å². The van der Waals surface area contributed by atoms with E-state index in [1.54, 1.807) is 0 Å². The number of nitrogens with zero attached hydrogens (tertiary/aromatic N) is 2. The Kier molecular flexibility index (Phi) is 5.03. The van der Waals surface area contributed by atoms with E-state index < -0.39 is 0 Å². The molecule has 3 heteroatoms. The Morgan fingerprint density at radius 1 is 1.25 bits per heavy atom. The second kappa shape index (κ2) is 6.57. The van der Waals surface area contributed by atoms with Crippen molar-refractivity contribution < 1.29 is 0 Å². The summed E-state index contributed by atoms with van der Waals surface area (Å²) in [4.78, 5) is 7.31. The normalized spacial score (nSPS) is 18.9. The number of nitrogens with two attached hydrogens (primary N) is 1. The van der Waals surface area contributed by atoms with E-state index in [0.717, 1.165) is 31.7 Å². The highest BCUT2D eigenvalue weighted by molar-refractivity contribution is 5.43. The Labute approximate surface area is 123 Å². The zero-order valence-electron chi connectivity index (χ0n) is 13.3. The molecule has 2 rings (SSSR count). The van der Waals surface area contributed by atoms with Crippen LogP contribution in [-0.4, -0.2) is 18.1 Å². The summed E-state index contributed by atoms with van der Waals surface area (Å²) in [5.74, 6) is 1.13. The fraction of sp³-hybridized carbons (Fsp3) is 0.706. The molecule has 1 aliphatic rings. The van der Waals surface area contributed by atoms with Crippen LogP contribution in [0.4, 0.5) is 5.82 Å². The van der Waals surface area contributed by atoms with Crippen molar-refractivity contribution >= 4 is 5.82 Å². The minimum Gasteiger partial charge on any atom is -0.357 e. The van der Waals surface area contributed by atoms with Gasteiger partial charge in [-0.2, -0.15) is 0 Å². The SMILES string of the molecule is CCCc1cc(CN)cc(N2CCCC(C)(C)CC2)n1. The lowest BCUT2D eigenvalue weighted by atomic mass is 9.85. The monoisotopic (exact) mass is 275 g/mol. The molecule has 0 saturated carbocycles. The van der Waals surface area contributed by atoms with Crippen LogP contribution in [0.2, 0.25) is 0 Å². The number of aryl methyl sites for hydroxylation is 1. The van der Waals surface area contributed by atoms with Crippen LogP contribution in [0.25, 0.3) is 0 Å². The largest absolute Gasteiger partial charge is 0.357 e. The fourth-order valence-corrected chi connectivity index (χ4v) is 2.95. The van der Waals surface area contributed by atoms with Crippen molar-refractivity contribution in [3.05, 3.63) is 23.4 Å². The maximum atomic E-state index is 5.84. The summed E-state index contributed by atoms with van der Waals surface area (Å²) in [7, 11) is 0. The molecule has 1 aromatic heterocycles. The van der Waals surface area contributed by atoms with Gasteiger partial charge in [0.25, 0.3) is 0 Å². The highest BCUT2D eigenvalue weighted by Crippen LogP contribution is 2.31. The van der Waals surface area contributed by atoms with Gasteiger partial charge < -0.3 is 10.6 Å². The van der Waals surface area contributed by atoms with Gasteiger partial charge in [-0.15, -0.1) is 0 Å². The van der Waals surface area contributed by atoms with E-state index in [1.165, 1.54) is 30.5 Å². The van der Waals surface area contributed by atoms with Crippen LogP contribution < -0.4 is 10.6 Å². The molecule has 2 heterocycles. The number of hydrogen-bond acceptors (Lipinski definition) is 3. The van der Waals surface area contributed by atoms with E-state index in [0.29, 0.717) is 12.0 Å². The van der Waals surface area contributed by atoms with Crippen LogP contribution in [0, 0.1) is 5.41 Å². The van der Waals surface area contributed by atoms with E-state index in [-0.39, 0.29) is 0 Å². The summed E-state index contributed by atoms with van der Waals surface area (Å²) in [6, 6.07) is 4.34. The maximum absolute atomic E-state index is 5.84. The molecule has 0 atom stereocenters. The Morgan fingerprint density at radius 2 is 2.05 bits per heavy atom. The standard InChI is InChI=1S/C17H29N3/c1-4-6-15-11-14(13-18)12-16(19-15)20-9-5-7-17(2,3)8-10-20/h11-12H,4-10,13,18H2,1-3H3. The third kappa shape index (κ3) is 3.95. The lowest BCUT2D eigenvalue weighted by Gasteiger charge is -2.25. The molecule has 2 N–H and O–H groups in total. The van der Waals surface area contributed by atoms with Crippen LogP contribution in [0.3, 0.4) is 0 Å². The molecule has 0 unspecified atom stereocenters. The number of hydrogen-bond donors (Lipinski definition) is 1. The van der Waals surface area contributed by atoms with E-state index in [1.807, 2.05) is 0 Å². The molecule has 0 amide bonds. The molecule has 1 aliphatic heterocycles. The molecule has 0 aliphatic carbocycles. The van der Waals surface area contributed by atoms with Crippen molar-refractivity contribution in [2.75, 3.05) is 18.0 Å². The van der Waals surface area contributed by atoms with Gasteiger partial charge in [-0.05, 0) is 48.8 Å². The lowest BCUT2D eigenvalue weighted by Crippen LogP contribution is -2.26. The third-order valence-corrected chi connectivity index (χ3v) is 4.33. The molecular formula is C17H29N3. The van der Waals surface area contributed by atoms with Crippen LogP contribution in [0.5, 0.6) is 0 Å². The average molecular weight is 275 g/mol. The molecule has 0 radical (unpaired) electrons. The summed E-state index contributed by atoms with van der Waals surface area (Å²) in [5, 5.41) is 0. The van der Waals surface area contributed by atoms with Gasteiger partial charge in [-0.25, -0.2) is 4.98 Å². The van der Waals surface area contributed by atoms with Crippen molar-refractivity contribution in [2.24, 2.45) is 11.1 Å². The number of pyridine rings is 1. The summed E-state index contributed by atoms with van der Waals surface area (Å²) < 4.78 is 0. The smallest absolute Gasteiger partial charge is 0.129 e. The molecule has 1 aromatic rings. The number of anilines is 1. The average Bonchev–Trinajstić information content (AvgIpc) is 2.59. The minimum atomic E-state index is 0.465. The predicted octanol–water partition coefficient (Wildman–Crippen LogP) is 3.51. The zero-order valence-corrected chi connectivity index (χ0v) is 13.3. The van der Waals surface area contributed by atoms with Crippen molar-refractivity contribution in [2.45, 2.75) is 59.4 Å². The first-order valence-corrected chi connectivity index (χ1v) is 7.99. The van der Waals surface area contributed by atoms with E-state index in [2.05, 4.69) is 37.8 Å². The highest BCUT2D eigenvalue weighted by Gasteiger charge is 2.23. The molecule has 112 valence electrons. The molecule has 0 bridgehead atoms. The van der Waals surface area contributed by atoms with Gasteiger partial charge in [0.15, 0.2) is 0 Å². The lowest BCUT2D eigenvalue weighted by molar-refractivity contribution is 0.325. The van der Waals surface area contributed by atoms with Gasteiger partial charge in [0, 0.05) is 25.3 Å². The van der Waals surface area contributed by atoms with Crippen LogP contribution in [-0.2, 0) is 13.0 Å². The van der Waals surface area contributed by atoms with Crippen molar-refractivity contribution in [1.29, 1.82) is 0 Å². The van der Waals surface area contributed by atoms with Crippen LogP contribution in [0.15, 0.2) is 12.1 Å². The first-order valence-electron chi connectivity index (χ1n) is 7.99. The first-order chi connectivity index (χ1) is 9.54. The Hall–Kier alpha value is -1.09. The second-order valence-electron chi connectivity index (χ2n) is 6.78. The maximum Gasteiger partial charge on any atom is 0.129 e. The summed E-state index contributed by atoms with van der Waals surface area (Å²) in [5.41, 5.74) is 8.70.